The average molecular weight is 345 g/mol. The second kappa shape index (κ2) is 11.3. The molecule has 6 nitrogen and oxygen atoms in total. The van der Waals surface area contributed by atoms with Gasteiger partial charge >= 0.3 is 12.1 Å². The van der Waals surface area contributed by atoms with E-state index in [1.165, 1.54) is 0 Å². The van der Waals surface area contributed by atoms with E-state index in [0.717, 1.165) is 25.7 Å². The van der Waals surface area contributed by atoms with E-state index in [0.29, 0.717) is 6.42 Å². The van der Waals surface area contributed by atoms with Gasteiger partial charge in [0.15, 0.2) is 0 Å². The molecule has 0 fully saturated rings. The third kappa shape index (κ3) is 11.3. The van der Waals surface area contributed by atoms with E-state index in [2.05, 4.69) is 12.2 Å². The van der Waals surface area contributed by atoms with Gasteiger partial charge in [-0.15, -0.1) is 0 Å². The lowest BCUT2D eigenvalue weighted by atomic mass is 9.96. The summed E-state index contributed by atoms with van der Waals surface area (Å²) in [7, 11) is 0. The molecule has 0 unspecified atom stereocenters. The first-order chi connectivity index (χ1) is 11.1. The molecule has 0 aliphatic rings. The zero-order valence-electron chi connectivity index (χ0n) is 16.1. The Balaban J connectivity index is 4.23. The minimum absolute atomic E-state index is 0.249. The van der Waals surface area contributed by atoms with Gasteiger partial charge in [-0.2, -0.15) is 0 Å². The lowest BCUT2D eigenvalue weighted by Gasteiger charge is -2.24. The Morgan fingerprint density at radius 3 is 2.25 bits per heavy atom. The summed E-state index contributed by atoms with van der Waals surface area (Å²) in [5.41, 5.74) is -0.551. The number of hydrogen-bond acceptors (Lipinski definition) is 4. The molecule has 6 heteroatoms. The molecule has 0 saturated carbocycles. The predicted molar refractivity (Wildman–Crippen MR) is 94.1 cm³/mol. The summed E-state index contributed by atoms with van der Waals surface area (Å²) >= 11 is 0. The van der Waals surface area contributed by atoms with Crippen molar-refractivity contribution in [2.45, 2.75) is 91.4 Å². The quantitative estimate of drug-likeness (QED) is 0.553. The highest BCUT2D eigenvalue weighted by atomic mass is 16.6. The zero-order chi connectivity index (χ0) is 18.8. The van der Waals surface area contributed by atoms with Gasteiger partial charge in [0.05, 0.1) is 24.7 Å². The van der Waals surface area contributed by atoms with Crippen molar-refractivity contribution in [1.82, 2.24) is 5.32 Å². The number of amides is 1. The normalized spacial score (nSPS) is 15.4. The molecule has 0 saturated heterocycles. The monoisotopic (exact) mass is 345 g/mol. The van der Waals surface area contributed by atoms with Crippen LogP contribution in [0.25, 0.3) is 0 Å². The molecule has 0 radical (unpaired) electrons. The van der Waals surface area contributed by atoms with Gasteiger partial charge in [0.2, 0.25) is 0 Å². The minimum Gasteiger partial charge on any atom is -0.481 e. The number of carboxylic acids is 1. The van der Waals surface area contributed by atoms with Crippen molar-refractivity contribution < 1.29 is 24.2 Å². The number of alkyl carbamates (subject to hydrolysis) is 1. The molecule has 0 aromatic heterocycles. The van der Waals surface area contributed by atoms with Crippen LogP contribution in [0.4, 0.5) is 4.79 Å². The van der Waals surface area contributed by atoms with Crippen LogP contribution in [0, 0.1) is 5.92 Å². The van der Waals surface area contributed by atoms with Crippen molar-refractivity contribution in [3.63, 3.8) is 0 Å². The number of carbonyl (C=O) groups is 2. The Morgan fingerprint density at radius 1 is 1.12 bits per heavy atom. The van der Waals surface area contributed by atoms with Gasteiger partial charge < -0.3 is 19.9 Å². The lowest BCUT2D eigenvalue weighted by Crippen LogP contribution is -2.41. The Hall–Kier alpha value is -1.30. The Labute approximate surface area is 146 Å². The van der Waals surface area contributed by atoms with Gasteiger partial charge in [-0.05, 0) is 41.0 Å². The molecule has 2 N–H and O–H groups in total. The fourth-order valence-electron chi connectivity index (χ4n) is 2.31. The van der Waals surface area contributed by atoms with Crippen LogP contribution in [0.3, 0.4) is 0 Å². The fraction of sp³-hybridized carbons (Fsp3) is 0.889. The highest BCUT2D eigenvalue weighted by Gasteiger charge is 2.25. The highest BCUT2D eigenvalue weighted by Crippen LogP contribution is 2.18. The molecule has 0 aliphatic heterocycles. The van der Waals surface area contributed by atoms with Crippen molar-refractivity contribution in [2.24, 2.45) is 5.92 Å². The first-order valence-corrected chi connectivity index (χ1v) is 8.90. The van der Waals surface area contributed by atoms with Crippen molar-refractivity contribution in [3.05, 3.63) is 0 Å². The second-order valence-corrected chi connectivity index (χ2v) is 7.38. The third-order valence-corrected chi connectivity index (χ3v) is 3.62. The van der Waals surface area contributed by atoms with Gasteiger partial charge in [-0.25, -0.2) is 4.79 Å². The van der Waals surface area contributed by atoms with Crippen molar-refractivity contribution in [2.75, 3.05) is 6.61 Å². The van der Waals surface area contributed by atoms with Crippen LogP contribution in [0.5, 0.6) is 0 Å². The van der Waals surface area contributed by atoms with E-state index in [-0.39, 0.29) is 12.6 Å². The van der Waals surface area contributed by atoms with Gasteiger partial charge in [0.1, 0.15) is 5.60 Å². The van der Waals surface area contributed by atoms with Gasteiger partial charge in [0.25, 0.3) is 0 Å². The predicted octanol–water partition coefficient (Wildman–Crippen LogP) is 3.98. The van der Waals surface area contributed by atoms with Crippen molar-refractivity contribution in [1.29, 1.82) is 0 Å². The van der Waals surface area contributed by atoms with Crippen molar-refractivity contribution >= 4 is 12.1 Å². The van der Waals surface area contributed by atoms with Crippen LogP contribution in [0.15, 0.2) is 0 Å². The summed E-state index contributed by atoms with van der Waals surface area (Å²) in [6, 6.07) is -0.253. The van der Waals surface area contributed by atoms with Crippen LogP contribution in [0.2, 0.25) is 0 Å². The molecule has 0 rings (SSSR count). The van der Waals surface area contributed by atoms with E-state index < -0.39 is 29.7 Å². The molecule has 142 valence electrons. The van der Waals surface area contributed by atoms with Crippen LogP contribution in [-0.2, 0) is 14.3 Å². The molecule has 0 heterocycles. The molecule has 0 aromatic rings. The number of carboxylic acid groups (broad SMARTS) is 1. The summed E-state index contributed by atoms with van der Waals surface area (Å²) < 4.78 is 10.8. The van der Waals surface area contributed by atoms with Gasteiger partial charge in [-0.3, -0.25) is 4.79 Å². The molecule has 0 bridgehead atoms. The maximum atomic E-state index is 11.7. The Bertz CT molecular complexity index is 378. The van der Waals surface area contributed by atoms with Crippen LogP contribution < -0.4 is 5.32 Å². The first kappa shape index (κ1) is 22.7. The van der Waals surface area contributed by atoms with E-state index in [9.17, 15) is 14.7 Å². The average Bonchev–Trinajstić information content (AvgIpc) is 2.42. The van der Waals surface area contributed by atoms with Crippen LogP contribution in [0.1, 0.15) is 73.6 Å². The molecule has 0 aromatic carbocycles. The first-order valence-electron chi connectivity index (χ1n) is 8.90. The SMILES string of the molecule is CCCCCC[C@@H](C(=O)O)[C@@H](C)OC[C@@H](C)NC(=O)OC(C)(C)C. The maximum absolute atomic E-state index is 11.7. The molecule has 0 aliphatic carbocycles. The van der Waals surface area contributed by atoms with E-state index >= 15 is 0 Å². The van der Waals surface area contributed by atoms with Crippen LogP contribution >= 0.6 is 0 Å². The lowest BCUT2D eigenvalue weighted by molar-refractivity contribution is -0.147. The number of aliphatic carboxylic acids is 1. The zero-order valence-corrected chi connectivity index (χ0v) is 16.1. The Kier molecular flexibility index (Phi) is 10.7. The molecule has 0 spiro atoms. The standard InChI is InChI=1S/C18H35NO5/c1-7-8-9-10-11-15(16(20)21)14(3)23-12-13(2)19-17(22)24-18(4,5)6/h13-15H,7-12H2,1-6H3,(H,19,22)(H,20,21)/t13-,14-,15-/m1/s1. The summed E-state index contributed by atoms with van der Waals surface area (Å²) in [6.45, 7) is 11.3. The summed E-state index contributed by atoms with van der Waals surface area (Å²) in [5.74, 6) is -1.35. The fourth-order valence-corrected chi connectivity index (χ4v) is 2.31. The van der Waals surface area contributed by atoms with Gasteiger partial charge in [-0.1, -0.05) is 32.6 Å². The van der Waals surface area contributed by atoms with E-state index in [1.54, 1.807) is 34.6 Å². The van der Waals surface area contributed by atoms with Crippen LogP contribution in [-0.4, -0.2) is 41.5 Å². The number of carbonyl (C=O) groups excluding carboxylic acids is 1. The third-order valence-electron chi connectivity index (χ3n) is 3.62. The highest BCUT2D eigenvalue weighted by molar-refractivity contribution is 5.70. The molecular weight excluding hydrogens is 310 g/mol. The number of unbranched alkanes of at least 4 members (excludes halogenated alkanes) is 3. The number of hydrogen-bond donors (Lipinski definition) is 2. The topological polar surface area (TPSA) is 84.9 Å². The largest absolute Gasteiger partial charge is 0.481 e. The summed E-state index contributed by atoms with van der Waals surface area (Å²) in [5, 5.41) is 12.1. The summed E-state index contributed by atoms with van der Waals surface area (Å²) in [4.78, 5) is 23.1. The second-order valence-electron chi connectivity index (χ2n) is 7.38. The molecular formula is C18H35NO5. The summed E-state index contributed by atoms with van der Waals surface area (Å²) in [6.07, 6.45) is 3.90. The molecule has 24 heavy (non-hydrogen) atoms. The number of nitrogens with one attached hydrogen (secondary N) is 1. The number of rotatable bonds is 11. The molecule has 1 amide bonds. The van der Waals surface area contributed by atoms with E-state index in [4.69, 9.17) is 9.47 Å². The van der Waals surface area contributed by atoms with E-state index in [1.807, 2.05) is 0 Å². The van der Waals surface area contributed by atoms with Gasteiger partial charge in [0, 0.05) is 0 Å². The van der Waals surface area contributed by atoms with Crippen molar-refractivity contribution in [3.8, 4) is 0 Å². The smallest absolute Gasteiger partial charge is 0.407 e. The minimum atomic E-state index is -0.827. The maximum Gasteiger partial charge on any atom is 0.407 e. The number of ether oxygens (including phenoxy) is 2. The molecule has 3 atom stereocenters. The Morgan fingerprint density at radius 2 is 1.75 bits per heavy atom.